The lowest BCUT2D eigenvalue weighted by Crippen LogP contribution is -2.45. The van der Waals surface area contributed by atoms with E-state index in [1.54, 1.807) is 21.7 Å². The number of urea groups is 1. The molecule has 1 atom stereocenters. The summed E-state index contributed by atoms with van der Waals surface area (Å²) in [5.74, 6) is 0.179. The summed E-state index contributed by atoms with van der Waals surface area (Å²) in [7, 11) is 1.86. The number of aromatic nitrogens is 4. The van der Waals surface area contributed by atoms with E-state index in [1.807, 2.05) is 20.9 Å². The van der Waals surface area contributed by atoms with Crippen LogP contribution in [-0.4, -0.2) is 43.4 Å². The van der Waals surface area contributed by atoms with Crippen LogP contribution in [0, 0.1) is 5.82 Å². The molecule has 29 heavy (non-hydrogen) atoms. The van der Waals surface area contributed by atoms with E-state index < -0.39 is 0 Å². The Balaban J connectivity index is 1.62. The molecule has 0 fully saturated rings. The second kappa shape index (κ2) is 7.65. The maximum absolute atomic E-state index is 13.5. The van der Waals surface area contributed by atoms with E-state index in [4.69, 9.17) is 4.52 Å². The molecule has 2 amide bonds. The number of hydrogen-bond donors (Lipinski definition) is 1. The van der Waals surface area contributed by atoms with Crippen molar-refractivity contribution in [2.45, 2.75) is 39.3 Å². The monoisotopic (exact) mass is 398 g/mol. The smallest absolute Gasteiger partial charge is 0.317 e. The van der Waals surface area contributed by atoms with Crippen LogP contribution >= 0.6 is 0 Å². The number of aryl methyl sites for hydroxylation is 1. The van der Waals surface area contributed by atoms with Gasteiger partial charge in [-0.3, -0.25) is 4.68 Å². The number of carbonyl (C=O) groups is 1. The quantitative estimate of drug-likeness (QED) is 0.729. The minimum atomic E-state index is -0.368. The summed E-state index contributed by atoms with van der Waals surface area (Å²) in [6, 6.07) is 6.04. The lowest BCUT2D eigenvalue weighted by Gasteiger charge is -2.28. The Morgan fingerprint density at radius 1 is 1.41 bits per heavy atom. The molecule has 1 N–H and O–H groups in total. The van der Waals surface area contributed by atoms with Gasteiger partial charge in [-0.15, -0.1) is 0 Å². The van der Waals surface area contributed by atoms with E-state index >= 15 is 0 Å². The molecule has 0 bridgehead atoms. The minimum absolute atomic E-state index is 0.0919. The van der Waals surface area contributed by atoms with Crippen molar-refractivity contribution in [2.75, 3.05) is 6.54 Å². The Kier molecular flexibility index (Phi) is 5.04. The van der Waals surface area contributed by atoms with Gasteiger partial charge >= 0.3 is 6.03 Å². The Bertz CT molecular complexity index is 1040. The van der Waals surface area contributed by atoms with Crippen molar-refractivity contribution >= 4 is 6.03 Å². The zero-order valence-electron chi connectivity index (χ0n) is 16.6. The van der Waals surface area contributed by atoms with E-state index in [0.29, 0.717) is 36.6 Å². The largest absolute Gasteiger partial charge is 0.336 e. The molecule has 0 saturated carbocycles. The third-order valence-corrected chi connectivity index (χ3v) is 5.22. The van der Waals surface area contributed by atoms with Crippen molar-refractivity contribution in [1.82, 2.24) is 30.1 Å². The maximum Gasteiger partial charge on any atom is 0.317 e. The average Bonchev–Trinajstić information content (AvgIpc) is 3.32. The standard InChI is InChI=1S/C20H23FN6O2/c1-4-12(2)22-20(28)27-9-8-16-15(11-27)17(24-26(16)3)19-23-18(25-29-19)13-6-5-7-14(21)10-13/h5-7,10,12H,4,8-9,11H2,1-3H3,(H,22,28). The molecule has 3 aromatic rings. The summed E-state index contributed by atoms with van der Waals surface area (Å²) in [5, 5.41) is 11.5. The average molecular weight is 398 g/mol. The van der Waals surface area contributed by atoms with Gasteiger partial charge in [0.05, 0.1) is 6.54 Å². The molecule has 8 nitrogen and oxygen atoms in total. The van der Waals surface area contributed by atoms with Crippen molar-refractivity contribution in [2.24, 2.45) is 7.05 Å². The van der Waals surface area contributed by atoms with Gasteiger partial charge in [-0.1, -0.05) is 24.2 Å². The van der Waals surface area contributed by atoms with Gasteiger partial charge in [-0.25, -0.2) is 9.18 Å². The molecular formula is C20H23FN6O2. The van der Waals surface area contributed by atoms with Crippen LogP contribution in [-0.2, 0) is 20.0 Å². The molecule has 3 heterocycles. The zero-order valence-corrected chi connectivity index (χ0v) is 16.6. The molecule has 0 aliphatic carbocycles. The molecule has 2 aromatic heterocycles. The summed E-state index contributed by atoms with van der Waals surface area (Å²) in [4.78, 5) is 18.7. The minimum Gasteiger partial charge on any atom is -0.336 e. The number of rotatable bonds is 4. The number of carbonyl (C=O) groups excluding carboxylic acids is 1. The number of nitrogens with one attached hydrogen (secondary N) is 1. The number of nitrogens with zero attached hydrogens (tertiary/aromatic N) is 5. The van der Waals surface area contributed by atoms with Gasteiger partial charge in [-0.2, -0.15) is 10.1 Å². The van der Waals surface area contributed by atoms with Gasteiger partial charge in [0.1, 0.15) is 5.82 Å². The van der Waals surface area contributed by atoms with Gasteiger partial charge in [0.25, 0.3) is 5.89 Å². The van der Waals surface area contributed by atoms with E-state index in [0.717, 1.165) is 17.7 Å². The SMILES string of the molecule is CCC(C)NC(=O)N1CCc2c(c(-c3nc(-c4cccc(F)c4)no3)nn2C)C1. The van der Waals surface area contributed by atoms with Crippen molar-refractivity contribution in [3.05, 3.63) is 41.3 Å². The Morgan fingerprint density at radius 2 is 2.24 bits per heavy atom. The highest BCUT2D eigenvalue weighted by molar-refractivity contribution is 5.75. The Morgan fingerprint density at radius 3 is 3.00 bits per heavy atom. The maximum atomic E-state index is 13.5. The number of fused-ring (bicyclic) bond motifs is 1. The zero-order chi connectivity index (χ0) is 20.5. The van der Waals surface area contributed by atoms with Gasteiger partial charge in [0.2, 0.25) is 5.82 Å². The molecular weight excluding hydrogens is 375 g/mol. The molecule has 0 saturated heterocycles. The van der Waals surface area contributed by atoms with Crippen molar-refractivity contribution in [1.29, 1.82) is 0 Å². The molecule has 0 radical (unpaired) electrons. The van der Waals surface area contributed by atoms with Crippen LogP contribution in [0.3, 0.4) is 0 Å². The van der Waals surface area contributed by atoms with Crippen LogP contribution in [0.4, 0.5) is 9.18 Å². The highest BCUT2D eigenvalue weighted by Crippen LogP contribution is 2.30. The van der Waals surface area contributed by atoms with E-state index in [-0.39, 0.29) is 23.8 Å². The fraction of sp³-hybridized carbons (Fsp3) is 0.400. The van der Waals surface area contributed by atoms with Crippen LogP contribution in [0.5, 0.6) is 0 Å². The molecule has 9 heteroatoms. The van der Waals surface area contributed by atoms with Crippen LogP contribution in [0.25, 0.3) is 23.0 Å². The van der Waals surface area contributed by atoms with Crippen LogP contribution in [0.15, 0.2) is 28.8 Å². The molecule has 4 rings (SSSR count). The normalized spacial score (nSPS) is 14.6. The van der Waals surface area contributed by atoms with Crippen molar-refractivity contribution in [3.63, 3.8) is 0 Å². The van der Waals surface area contributed by atoms with E-state index in [1.165, 1.54) is 12.1 Å². The predicted octanol–water partition coefficient (Wildman–Crippen LogP) is 3.14. The topological polar surface area (TPSA) is 89.1 Å². The Labute approximate surface area is 167 Å². The lowest BCUT2D eigenvalue weighted by molar-refractivity contribution is 0.188. The highest BCUT2D eigenvalue weighted by atomic mass is 19.1. The summed E-state index contributed by atoms with van der Waals surface area (Å²) < 4.78 is 20.7. The second-order valence-electron chi connectivity index (χ2n) is 7.26. The number of halogens is 1. The van der Waals surface area contributed by atoms with Gasteiger partial charge < -0.3 is 14.7 Å². The van der Waals surface area contributed by atoms with Crippen molar-refractivity contribution in [3.8, 4) is 23.0 Å². The fourth-order valence-electron chi connectivity index (χ4n) is 3.41. The van der Waals surface area contributed by atoms with Crippen molar-refractivity contribution < 1.29 is 13.7 Å². The summed E-state index contributed by atoms with van der Waals surface area (Å²) in [6.07, 6.45) is 1.56. The second-order valence-corrected chi connectivity index (χ2v) is 7.26. The highest BCUT2D eigenvalue weighted by Gasteiger charge is 2.29. The number of amides is 2. The molecule has 1 aliphatic heterocycles. The fourth-order valence-corrected chi connectivity index (χ4v) is 3.41. The first-order valence-corrected chi connectivity index (χ1v) is 9.66. The number of benzene rings is 1. The molecule has 152 valence electrons. The number of hydrogen-bond acceptors (Lipinski definition) is 5. The van der Waals surface area contributed by atoms with E-state index in [9.17, 15) is 9.18 Å². The first-order valence-electron chi connectivity index (χ1n) is 9.66. The third kappa shape index (κ3) is 3.72. The van der Waals surface area contributed by atoms with Crippen LogP contribution < -0.4 is 5.32 Å². The summed E-state index contributed by atoms with van der Waals surface area (Å²) in [5.41, 5.74) is 3.02. The van der Waals surface area contributed by atoms with Crippen LogP contribution in [0.1, 0.15) is 31.5 Å². The summed E-state index contributed by atoms with van der Waals surface area (Å²) in [6.45, 7) is 5.05. The van der Waals surface area contributed by atoms with Crippen LogP contribution in [0.2, 0.25) is 0 Å². The molecule has 0 spiro atoms. The lowest BCUT2D eigenvalue weighted by atomic mass is 10.1. The first kappa shape index (κ1) is 19.1. The molecule has 1 aromatic carbocycles. The first-order chi connectivity index (χ1) is 14.0. The molecule has 1 aliphatic rings. The van der Waals surface area contributed by atoms with E-state index in [2.05, 4.69) is 20.6 Å². The molecule has 1 unspecified atom stereocenters. The van der Waals surface area contributed by atoms with Gasteiger partial charge in [0.15, 0.2) is 5.69 Å². The Hall–Kier alpha value is -3.23. The van der Waals surface area contributed by atoms with Gasteiger partial charge in [0, 0.05) is 42.9 Å². The van der Waals surface area contributed by atoms with Gasteiger partial charge in [-0.05, 0) is 25.5 Å². The third-order valence-electron chi connectivity index (χ3n) is 5.22. The predicted molar refractivity (Wildman–Crippen MR) is 104 cm³/mol. The summed E-state index contributed by atoms with van der Waals surface area (Å²) >= 11 is 0.